The van der Waals surface area contributed by atoms with Crippen LogP contribution in [0.4, 0.5) is 0 Å². The van der Waals surface area contributed by atoms with Crippen LogP contribution in [0.5, 0.6) is 0 Å². The topological polar surface area (TPSA) is 13.1 Å². The van der Waals surface area contributed by atoms with Crippen LogP contribution in [0.25, 0.3) is 44.7 Å². The maximum absolute atomic E-state index is 6.34. The molecule has 0 N–H and O–H groups in total. The van der Waals surface area contributed by atoms with Crippen LogP contribution in [-0.4, -0.2) is 5.43 Å². The fourth-order valence-corrected chi connectivity index (χ4v) is 7.34. The average Bonchev–Trinajstić information content (AvgIpc) is 3.76. The van der Waals surface area contributed by atoms with Gasteiger partial charge in [0.25, 0.3) is 0 Å². The summed E-state index contributed by atoms with van der Waals surface area (Å²) in [6, 6.07) is 36.7. The first-order chi connectivity index (χ1) is 23.5. The molecule has 6 aromatic rings. The van der Waals surface area contributed by atoms with Crippen molar-refractivity contribution in [2.75, 3.05) is 0 Å². The third-order valence-electron chi connectivity index (χ3n) is 9.97. The predicted octanol–water partition coefficient (Wildman–Crippen LogP) is 7.48. The molecule has 0 aliphatic heterocycles. The van der Waals surface area contributed by atoms with Gasteiger partial charge in [0.1, 0.15) is 11.5 Å². The summed E-state index contributed by atoms with van der Waals surface area (Å²) >= 11 is 1.74. The monoisotopic (exact) mass is 819 g/mol. The van der Waals surface area contributed by atoms with Gasteiger partial charge >= 0.3 is 41.9 Å². The van der Waals surface area contributed by atoms with E-state index in [-0.39, 0.29) is 47.0 Å². The van der Waals surface area contributed by atoms with Crippen molar-refractivity contribution in [3.05, 3.63) is 148 Å². The van der Waals surface area contributed by atoms with Crippen molar-refractivity contribution in [3.63, 3.8) is 0 Å². The van der Waals surface area contributed by atoms with E-state index in [9.17, 15) is 0 Å². The molecular formula is C47H51Cl2OSiZr-. The van der Waals surface area contributed by atoms with Crippen molar-refractivity contribution in [1.29, 1.82) is 0 Å². The van der Waals surface area contributed by atoms with Crippen LogP contribution in [-0.2, 0) is 34.2 Å². The van der Waals surface area contributed by atoms with Crippen molar-refractivity contribution in [1.82, 2.24) is 0 Å². The summed E-state index contributed by atoms with van der Waals surface area (Å²) in [6.07, 6.45) is 2.40. The minimum absolute atomic E-state index is 0. The third-order valence-corrected chi connectivity index (χ3v) is 9.97. The van der Waals surface area contributed by atoms with E-state index < -0.39 is 0 Å². The Bertz CT molecular complexity index is 2230. The largest absolute Gasteiger partial charge is 1.00 e. The Morgan fingerprint density at radius 1 is 0.654 bits per heavy atom. The summed E-state index contributed by atoms with van der Waals surface area (Å²) in [5.41, 5.74) is 16.1. The van der Waals surface area contributed by atoms with Gasteiger partial charge in [0.15, 0.2) is 0 Å². The van der Waals surface area contributed by atoms with Crippen LogP contribution in [0.15, 0.2) is 101 Å². The molecule has 1 aliphatic carbocycles. The first-order valence-electron chi connectivity index (χ1n) is 17.9. The first-order valence-corrected chi connectivity index (χ1v) is 24.1. The number of aryl methyl sites for hydroxylation is 3. The predicted molar refractivity (Wildman–Crippen MR) is 214 cm³/mol. The number of halogens is 2. The van der Waals surface area contributed by atoms with Gasteiger partial charge < -0.3 is 29.2 Å². The molecule has 0 fully saturated rings. The molecule has 52 heavy (non-hydrogen) atoms. The van der Waals surface area contributed by atoms with E-state index in [4.69, 9.17) is 4.42 Å². The van der Waals surface area contributed by atoms with Gasteiger partial charge in [0.05, 0.1) is 0 Å². The van der Waals surface area contributed by atoms with E-state index in [2.05, 4.69) is 172 Å². The van der Waals surface area contributed by atoms with Crippen molar-refractivity contribution in [3.8, 4) is 22.3 Å². The molecular weight excluding hydrogens is 771 g/mol. The summed E-state index contributed by atoms with van der Waals surface area (Å²) in [5.74, 6) is 1.96. The first kappa shape index (κ1) is 41.9. The molecule has 0 amide bonds. The average molecular weight is 822 g/mol. The summed E-state index contributed by atoms with van der Waals surface area (Å²) in [4.78, 5) is 0. The Balaban J connectivity index is 0.000000960. The number of hydrogen-bond acceptors (Lipinski definition) is 1. The van der Waals surface area contributed by atoms with Crippen molar-refractivity contribution >= 4 is 27.9 Å². The number of fused-ring (bicyclic) bond motifs is 2. The van der Waals surface area contributed by atoms with Crippen LogP contribution in [0.3, 0.4) is 0 Å². The van der Waals surface area contributed by atoms with Gasteiger partial charge in [-0.25, -0.2) is 0 Å². The van der Waals surface area contributed by atoms with E-state index in [0.29, 0.717) is 0 Å². The maximum atomic E-state index is 6.34. The van der Waals surface area contributed by atoms with Gasteiger partial charge in [0, 0.05) is 11.5 Å². The summed E-state index contributed by atoms with van der Waals surface area (Å²) in [7, 11) is 0. The normalized spacial score (nSPS) is 13.8. The Labute approximate surface area is 339 Å². The SMILES string of the molecule is C[Si](C)=[Zr+2].Cc1ccc(C2=Cc3c(ccc(C)c3-c3ccc(C(C)(C)C)cc3)C2c2cc3c(-c4ccc(C(C)(C)C)cc4)c(C)ccc3[cH-]2)o1.[Cl-].[Cl-]. The smallest absolute Gasteiger partial charge is 0.131 e. The zero-order chi connectivity index (χ0) is 36.1. The van der Waals surface area contributed by atoms with E-state index in [1.54, 1.807) is 23.3 Å². The third kappa shape index (κ3) is 8.60. The number of hydrogen-bond donors (Lipinski definition) is 0. The quantitative estimate of drug-likeness (QED) is 0.133. The summed E-state index contributed by atoms with van der Waals surface area (Å²) in [6.45, 7) is 24.8. The van der Waals surface area contributed by atoms with Crippen LogP contribution in [0, 0.1) is 20.8 Å². The van der Waals surface area contributed by atoms with Crippen LogP contribution in [0.1, 0.15) is 97.9 Å². The molecule has 268 valence electrons. The molecule has 1 atom stereocenters. The number of rotatable bonds is 4. The number of benzene rings is 4. The minimum atomic E-state index is 0. The van der Waals surface area contributed by atoms with Crippen molar-refractivity contribution in [2.24, 2.45) is 0 Å². The fraction of sp³-hybridized carbons (Fsp3) is 0.298. The molecule has 1 unspecified atom stereocenters. The molecule has 7 rings (SSSR count). The molecule has 1 nitrogen and oxygen atoms in total. The maximum Gasteiger partial charge on any atom is 0.131 e. The van der Waals surface area contributed by atoms with Gasteiger partial charge in [0.2, 0.25) is 0 Å². The number of furan rings is 1. The Kier molecular flexibility index (Phi) is 13.1. The second-order valence-corrected chi connectivity index (χ2v) is 25.8. The zero-order valence-electron chi connectivity index (χ0n) is 32.6. The van der Waals surface area contributed by atoms with Crippen molar-refractivity contribution < 1.29 is 52.6 Å². The molecule has 1 heterocycles. The molecule has 0 saturated heterocycles. The Hall–Kier alpha value is -2.81. The van der Waals surface area contributed by atoms with E-state index in [1.165, 1.54) is 77.5 Å². The van der Waals surface area contributed by atoms with Crippen molar-refractivity contribution in [2.45, 2.75) is 92.2 Å². The van der Waals surface area contributed by atoms with Gasteiger partial charge in [-0.15, -0.1) is 34.5 Å². The van der Waals surface area contributed by atoms with Crippen LogP contribution < -0.4 is 24.8 Å². The molecule has 0 spiro atoms. The van der Waals surface area contributed by atoms with E-state index in [1.807, 2.05) is 6.92 Å². The second kappa shape index (κ2) is 16.3. The molecule has 1 aromatic heterocycles. The van der Waals surface area contributed by atoms with Crippen LogP contribution in [0.2, 0.25) is 13.1 Å². The van der Waals surface area contributed by atoms with Crippen LogP contribution >= 0.6 is 0 Å². The summed E-state index contributed by atoms with van der Waals surface area (Å²) in [5, 5.41) is 2.59. The molecule has 0 saturated carbocycles. The van der Waals surface area contributed by atoms with E-state index >= 15 is 0 Å². The van der Waals surface area contributed by atoms with Gasteiger partial charge in [-0.1, -0.05) is 113 Å². The molecule has 5 aromatic carbocycles. The minimum Gasteiger partial charge on any atom is -1.00 e. The Morgan fingerprint density at radius 3 is 1.65 bits per heavy atom. The van der Waals surface area contributed by atoms with Gasteiger partial charge in [-0.2, -0.15) is 6.07 Å². The standard InChI is InChI=1S/C45H45O.C2H6Si.2ClH.Zr/c1-27-10-13-32-24-33(25-37(32)41(27)30-14-18-34(19-15-30)44(4,5)6)43-36-22-11-28(2)42(31-16-20-35(21-17-31)45(7,8)9)38(36)26-39(43)40-23-12-29(3)46-40;1-3-2;;;/h10-26,43H,1-9H3;1-2H3;2*1H;/q-1;;;;+2/p-2. The molecule has 0 radical (unpaired) electrons. The van der Waals surface area contributed by atoms with Gasteiger partial charge in [-0.05, 0) is 94.3 Å². The summed E-state index contributed by atoms with van der Waals surface area (Å²) < 4.78 is 6.34. The second-order valence-electron chi connectivity index (χ2n) is 16.4. The Morgan fingerprint density at radius 2 is 1.15 bits per heavy atom. The van der Waals surface area contributed by atoms with E-state index in [0.717, 1.165) is 11.5 Å². The molecule has 5 heteroatoms. The molecule has 0 bridgehead atoms. The number of allylic oxidation sites excluding steroid dienone is 1. The zero-order valence-corrected chi connectivity index (χ0v) is 37.5. The van der Waals surface area contributed by atoms with Gasteiger partial charge in [-0.3, -0.25) is 0 Å². The fourth-order valence-electron chi connectivity index (χ4n) is 7.34. The molecule has 1 aliphatic rings.